The standard InChI is InChI=1S/C15H28N2O2/c1-14(2,3)10-8-18-12(16-10)7-13-17-11(9-19-13)15(4,5)6/h7,10-12,16-17H,8-9H2,1-6H3/b13-7+/t10-,11-,12?/m1/s1. The second kappa shape index (κ2) is 4.98. The molecule has 4 heteroatoms. The molecule has 2 rings (SSSR count). The minimum absolute atomic E-state index is 0.0505. The first-order valence-corrected chi connectivity index (χ1v) is 7.15. The number of hydrogen-bond donors (Lipinski definition) is 2. The van der Waals surface area contributed by atoms with Gasteiger partial charge in [-0.2, -0.15) is 0 Å². The van der Waals surface area contributed by atoms with Crippen LogP contribution in [0.25, 0.3) is 0 Å². The largest absolute Gasteiger partial charge is 0.477 e. The summed E-state index contributed by atoms with van der Waals surface area (Å²) in [6.07, 6.45) is 1.96. The van der Waals surface area contributed by atoms with E-state index in [1.54, 1.807) is 0 Å². The number of hydrogen-bond acceptors (Lipinski definition) is 4. The first kappa shape index (κ1) is 14.7. The second-order valence-electron chi connectivity index (χ2n) is 7.74. The number of ether oxygens (including phenoxy) is 2. The van der Waals surface area contributed by atoms with Crippen LogP contribution < -0.4 is 10.6 Å². The van der Waals surface area contributed by atoms with Crippen molar-refractivity contribution in [1.29, 1.82) is 0 Å². The third kappa shape index (κ3) is 3.63. The van der Waals surface area contributed by atoms with E-state index < -0.39 is 0 Å². The van der Waals surface area contributed by atoms with Crippen molar-refractivity contribution >= 4 is 0 Å². The van der Waals surface area contributed by atoms with Gasteiger partial charge in [0.05, 0.1) is 12.6 Å². The third-order valence-corrected chi connectivity index (χ3v) is 3.92. The molecule has 1 unspecified atom stereocenters. The van der Waals surface area contributed by atoms with Crippen LogP contribution >= 0.6 is 0 Å². The van der Waals surface area contributed by atoms with Crippen LogP contribution in [0.15, 0.2) is 12.0 Å². The van der Waals surface area contributed by atoms with Gasteiger partial charge in [0.1, 0.15) is 12.8 Å². The molecular formula is C15H28N2O2. The van der Waals surface area contributed by atoms with Gasteiger partial charge in [0.15, 0.2) is 5.88 Å². The molecular weight excluding hydrogens is 240 g/mol. The topological polar surface area (TPSA) is 42.5 Å². The summed E-state index contributed by atoms with van der Waals surface area (Å²) >= 11 is 0. The van der Waals surface area contributed by atoms with E-state index in [-0.39, 0.29) is 17.1 Å². The molecule has 110 valence electrons. The lowest BCUT2D eigenvalue weighted by molar-refractivity contribution is 0.126. The van der Waals surface area contributed by atoms with E-state index in [0.29, 0.717) is 12.1 Å². The summed E-state index contributed by atoms with van der Waals surface area (Å²) < 4.78 is 11.5. The van der Waals surface area contributed by atoms with Crippen LogP contribution in [-0.4, -0.2) is 31.5 Å². The quantitative estimate of drug-likeness (QED) is 0.765. The van der Waals surface area contributed by atoms with E-state index in [9.17, 15) is 0 Å². The van der Waals surface area contributed by atoms with Gasteiger partial charge in [-0.3, -0.25) is 5.32 Å². The molecule has 0 saturated carbocycles. The predicted octanol–water partition coefficient (Wildman–Crippen LogP) is 2.22. The maximum absolute atomic E-state index is 5.77. The summed E-state index contributed by atoms with van der Waals surface area (Å²) in [6, 6.07) is 0.743. The molecule has 2 aliphatic heterocycles. The Morgan fingerprint density at radius 2 is 1.63 bits per heavy atom. The van der Waals surface area contributed by atoms with Crippen LogP contribution in [0.4, 0.5) is 0 Å². The average Bonchev–Trinajstić information content (AvgIpc) is 2.84. The molecule has 4 nitrogen and oxygen atoms in total. The van der Waals surface area contributed by atoms with Crippen LogP contribution in [0.3, 0.4) is 0 Å². The lowest BCUT2D eigenvalue weighted by Gasteiger charge is -2.25. The summed E-state index contributed by atoms with van der Waals surface area (Å²) in [5.74, 6) is 0.840. The van der Waals surface area contributed by atoms with Crippen LogP contribution in [0, 0.1) is 10.8 Å². The van der Waals surface area contributed by atoms with Gasteiger partial charge in [0.2, 0.25) is 0 Å². The average molecular weight is 268 g/mol. The molecule has 3 atom stereocenters. The van der Waals surface area contributed by atoms with Crippen LogP contribution in [0.5, 0.6) is 0 Å². The molecule has 0 aromatic carbocycles. The Balaban J connectivity index is 1.91. The Morgan fingerprint density at radius 3 is 2.11 bits per heavy atom. The van der Waals surface area contributed by atoms with E-state index in [0.717, 1.165) is 19.1 Å². The highest BCUT2D eigenvalue weighted by atomic mass is 16.5. The van der Waals surface area contributed by atoms with Crippen LogP contribution in [0.2, 0.25) is 0 Å². The van der Waals surface area contributed by atoms with Crippen molar-refractivity contribution in [3.8, 4) is 0 Å². The molecule has 0 amide bonds. The first-order valence-electron chi connectivity index (χ1n) is 7.15. The van der Waals surface area contributed by atoms with Crippen molar-refractivity contribution < 1.29 is 9.47 Å². The molecule has 0 aromatic heterocycles. The lowest BCUT2D eigenvalue weighted by Crippen LogP contribution is -2.40. The van der Waals surface area contributed by atoms with Gasteiger partial charge in [-0.1, -0.05) is 41.5 Å². The zero-order valence-electron chi connectivity index (χ0n) is 13.0. The molecule has 2 saturated heterocycles. The minimum Gasteiger partial charge on any atom is -0.477 e. The van der Waals surface area contributed by atoms with Gasteiger partial charge < -0.3 is 14.8 Å². The van der Waals surface area contributed by atoms with Gasteiger partial charge in [-0.25, -0.2) is 0 Å². The highest BCUT2D eigenvalue weighted by molar-refractivity contribution is 5.06. The van der Waals surface area contributed by atoms with Gasteiger partial charge in [0.25, 0.3) is 0 Å². The fraction of sp³-hybridized carbons (Fsp3) is 0.867. The lowest BCUT2D eigenvalue weighted by atomic mass is 9.88. The zero-order chi connectivity index (χ0) is 14.3. The molecule has 19 heavy (non-hydrogen) atoms. The van der Waals surface area contributed by atoms with E-state index in [4.69, 9.17) is 9.47 Å². The molecule has 2 heterocycles. The Bertz CT molecular complexity index is 352. The second-order valence-corrected chi connectivity index (χ2v) is 7.74. The van der Waals surface area contributed by atoms with Crippen LogP contribution in [0.1, 0.15) is 41.5 Å². The molecule has 0 aliphatic carbocycles. The molecule has 2 N–H and O–H groups in total. The third-order valence-electron chi connectivity index (χ3n) is 3.92. The molecule has 2 aliphatic rings. The smallest absolute Gasteiger partial charge is 0.186 e. The summed E-state index contributed by atoms with van der Waals surface area (Å²) in [7, 11) is 0. The maximum Gasteiger partial charge on any atom is 0.186 e. The van der Waals surface area contributed by atoms with Crippen LogP contribution in [-0.2, 0) is 9.47 Å². The van der Waals surface area contributed by atoms with E-state index in [1.165, 1.54) is 0 Å². The Labute approximate surface area is 116 Å². The summed E-state index contributed by atoms with van der Waals surface area (Å²) in [4.78, 5) is 0. The maximum atomic E-state index is 5.77. The Hall–Kier alpha value is -0.740. The van der Waals surface area contributed by atoms with E-state index >= 15 is 0 Å². The van der Waals surface area contributed by atoms with Crippen molar-refractivity contribution in [1.82, 2.24) is 10.6 Å². The van der Waals surface area contributed by atoms with Gasteiger partial charge in [0, 0.05) is 12.1 Å². The van der Waals surface area contributed by atoms with E-state index in [1.807, 2.05) is 6.08 Å². The SMILES string of the molecule is CC(C)(C)[C@H]1CO/C(=C/C2N[C@@H](C(C)(C)C)CO2)N1. The summed E-state index contributed by atoms with van der Waals surface area (Å²) in [6.45, 7) is 14.8. The Kier molecular flexibility index (Phi) is 3.85. The first-order chi connectivity index (χ1) is 8.66. The summed E-state index contributed by atoms with van der Waals surface area (Å²) in [5.41, 5.74) is 0.415. The fourth-order valence-electron chi connectivity index (χ4n) is 2.22. The molecule has 0 aromatic rings. The van der Waals surface area contributed by atoms with Crippen molar-refractivity contribution in [2.75, 3.05) is 13.2 Å². The van der Waals surface area contributed by atoms with E-state index in [2.05, 4.69) is 52.2 Å². The molecule has 0 radical (unpaired) electrons. The molecule has 0 spiro atoms. The van der Waals surface area contributed by atoms with Gasteiger partial charge in [-0.15, -0.1) is 0 Å². The van der Waals surface area contributed by atoms with Crippen molar-refractivity contribution in [3.63, 3.8) is 0 Å². The fourth-order valence-corrected chi connectivity index (χ4v) is 2.22. The highest BCUT2D eigenvalue weighted by Crippen LogP contribution is 2.27. The summed E-state index contributed by atoms with van der Waals surface area (Å²) in [5, 5.41) is 6.92. The molecule has 2 fully saturated rings. The normalized spacial score (nSPS) is 34.4. The minimum atomic E-state index is -0.0505. The Morgan fingerprint density at radius 1 is 1.00 bits per heavy atom. The van der Waals surface area contributed by atoms with Crippen molar-refractivity contribution in [2.24, 2.45) is 10.8 Å². The highest BCUT2D eigenvalue weighted by Gasteiger charge is 2.35. The number of rotatable bonds is 1. The van der Waals surface area contributed by atoms with Gasteiger partial charge in [-0.05, 0) is 10.8 Å². The van der Waals surface area contributed by atoms with Crippen molar-refractivity contribution in [2.45, 2.75) is 59.9 Å². The number of nitrogens with one attached hydrogen (secondary N) is 2. The predicted molar refractivity (Wildman–Crippen MR) is 76.5 cm³/mol. The zero-order valence-corrected chi connectivity index (χ0v) is 13.0. The van der Waals surface area contributed by atoms with Crippen molar-refractivity contribution in [3.05, 3.63) is 12.0 Å². The molecule has 0 bridgehead atoms. The monoisotopic (exact) mass is 268 g/mol. The van der Waals surface area contributed by atoms with Gasteiger partial charge >= 0.3 is 0 Å².